The Hall–Kier alpha value is -0.790. The molecule has 1 rings (SSSR count). The number of hydrogen-bond acceptors (Lipinski definition) is 1. The predicted molar refractivity (Wildman–Crippen MR) is 49.7 cm³/mol. The van der Waals surface area contributed by atoms with Gasteiger partial charge in [0.25, 0.3) is 0 Å². The second-order valence-electron chi connectivity index (χ2n) is 3.93. The lowest BCUT2D eigenvalue weighted by Crippen LogP contribution is -2.28. The summed E-state index contributed by atoms with van der Waals surface area (Å²) >= 11 is 0. The van der Waals surface area contributed by atoms with Gasteiger partial charge in [-0.25, -0.2) is 0 Å². The van der Waals surface area contributed by atoms with Crippen LogP contribution in [0.3, 0.4) is 0 Å². The molecule has 0 saturated heterocycles. The van der Waals surface area contributed by atoms with Crippen LogP contribution in [0, 0.1) is 11.8 Å². The lowest BCUT2D eigenvalue weighted by atomic mass is 10.1. The number of hydrogen-bond donors (Lipinski definition) is 0. The smallest absolute Gasteiger partial charge is 0.225 e. The Kier molecular flexibility index (Phi) is 2.55. The Morgan fingerprint density at radius 1 is 1.58 bits per heavy atom. The normalized spacial score (nSPS) is 29.1. The van der Waals surface area contributed by atoms with Gasteiger partial charge in [0.2, 0.25) is 5.91 Å². The first-order valence-corrected chi connectivity index (χ1v) is 4.41. The molecule has 1 aliphatic carbocycles. The van der Waals surface area contributed by atoms with Crippen molar-refractivity contribution >= 4 is 5.91 Å². The van der Waals surface area contributed by atoms with Gasteiger partial charge in [0, 0.05) is 20.0 Å². The van der Waals surface area contributed by atoms with E-state index in [4.69, 9.17) is 0 Å². The molecule has 1 aliphatic rings. The minimum absolute atomic E-state index is 0.197. The maximum absolute atomic E-state index is 11.5. The van der Waals surface area contributed by atoms with Crippen molar-refractivity contribution in [1.29, 1.82) is 0 Å². The van der Waals surface area contributed by atoms with Crippen LogP contribution in [0.15, 0.2) is 12.2 Å². The summed E-state index contributed by atoms with van der Waals surface area (Å²) in [6.07, 6.45) is 1.87. The Morgan fingerprint density at radius 3 is 2.50 bits per heavy atom. The van der Waals surface area contributed by atoms with Crippen LogP contribution in [0.4, 0.5) is 0 Å². The highest BCUT2D eigenvalue weighted by Gasteiger charge is 2.30. The Balaban J connectivity index is 2.57. The molecule has 1 fully saturated rings. The second-order valence-corrected chi connectivity index (χ2v) is 3.93. The van der Waals surface area contributed by atoms with Gasteiger partial charge >= 0.3 is 0 Å². The molecule has 1 amide bonds. The van der Waals surface area contributed by atoms with E-state index in [9.17, 15) is 4.79 Å². The van der Waals surface area contributed by atoms with Crippen LogP contribution < -0.4 is 0 Å². The molecule has 0 unspecified atom stereocenters. The quantitative estimate of drug-likeness (QED) is 0.544. The minimum atomic E-state index is 0.197. The molecule has 2 atom stereocenters. The second kappa shape index (κ2) is 3.30. The van der Waals surface area contributed by atoms with Gasteiger partial charge in [-0.3, -0.25) is 4.79 Å². The molecule has 0 aliphatic heterocycles. The zero-order valence-electron chi connectivity index (χ0n) is 8.13. The van der Waals surface area contributed by atoms with Gasteiger partial charge in [-0.1, -0.05) is 19.1 Å². The van der Waals surface area contributed by atoms with Crippen molar-refractivity contribution in [3.8, 4) is 0 Å². The van der Waals surface area contributed by atoms with E-state index in [0.29, 0.717) is 5.92 Å². The molecule has 0 N–H and O–H groups in total. The lowest BCUT2D eigenvalue weighted by Gasteiger charge is -2.15. The third-order valence-corrected chi connectivity index (χ3v) is 2.63. The maximum Gasteiger partial charge on any atom is 0.225 e. The number of carbonyl (C=O) groups is 1. The molecule has 0 spiro atoms. The van der Waals surface area contributed by atoms with E-state index in [1.54, 1.807) is 4.90 Å². The molecule has 12 heavy (non-hydrogen) atoms. The topological polar surface area (TPSA) is 20.3 Å². The standard InChI is InChI=1S/C10H17NO/c1-7-5-9(6-8(7)2)10(12)11(3)4/h8-9H,1,5-6H2,2-4H3/t8-,9-/m0/s1. The van der Waals surface area contributed by atoms with Crippen LogP contribution in [-0.2, 0) is 4.79 Å². The zero-order valence-corrected chi connectivity index (χ0v) is 8.13. The van der Waals surface area contributed by atoms with Crippen molar-refractivity contribution < 1.29 is 4.79 Å². The third-order valence-electron chi connectivity index (χ3n) is 2.63. The molecule has 0 aromatic carbocycles. The lowest BCUT2D eigenvalue weighted by molar-refractivity contribution is -0.132. The van der Waals surface area contributed by atoms with Gasteiger partial charge in [0.05, 0.1) is 0 Å². The number of carbonyl (C=O) groups excluding carboxylic acids is 1. The molecule has 2 nitrogen and oxygen atoms in total. The van der Waals surface area contributed by atoms with Crippen molar-refractivity contribution in [2.45, 2.75) is 19.8 Å². The molecular formula is C10H17NO. The summed E-state index contributed by atoms with van der Waals surface area (Å²) in [5.41, 5.74) is 1.23. The minimum Gasteiger partial charge on any atom is -0.349 e. The van der Waals surface area contributed by atoms with E-state index in [-0.39, 0.29) is 11.8 Å². The van der Waals surface area contributed by atoms with E-state index < -0.39 is 0 Å². The summed E-state index contributed by atoms with van der Waals surface area (Å²) in [6, 6.07) is 0. The number of rotatable bonds is 1. The maximum atomic E-state index is 11.5. The fourth-order valence-corrected chi connectivity index (χ4v) is 1.75. The van der Waals surface area contributed by atoms with Gasteiger partial charge in [0.15, 0.2) is 0 Å². The molecule has 0 bridgehead atoms. The summed E-state index contributed by atoms with van der Waals surface area (Å²) in [5.74, 6) is 0.974. The van der Waals surface area contributed by atoms with Crippen molar-refractivity contribution in [2.75, 3.05) is 14.1 Å². The van der Waals surface area contributed by atoms with Crippen LogP contribution >= 0.6 is 0 Å². The summed E-state index contributed by atoms with van der Waals surface area (Å²) in [6.45, 7) is 6.10. The monoisotopic (exact) mass is 167 g/mol. The van der Waals surface area contributed by atoms with Crippen molar-refractivity contribution in [3.63, 3.8) is 0 Å². The van der Waals surface area contributed by atoms with Gasteiger partial charge in [-0.05, 0) is 18.8 Å². The Labute approximate surface area is 74.2 Å². The Bertz CT molecular complexity index is 208. The van der Waals surface area contributed by atoms with E-state index in [0.717, 1.165) is 12.8 Å². The number of nitrogens with zero attached hydrogens (tertiary/aromatic N) is 1. The van der Waals surface area contributed by atoms with Crippen molar-refractivity contribution in [1.82, 2.24) is 4.90 Å². The van der Waals surface area contributed by atoms with Gasteiger partial charge in [-0.15, -0.1) is 0 Å². The van der Waals surface area contributed by atoms with E-state index in [1.807, 2.05) is 14.1 Å². The van der Waals surface area contributed by atoms with Crippen molar-refractivity contribution in [3.05, 3.63) is 12.2 Å². The molecule has 2 heteroatoms. The average molecular weight is 167 g/mol. The molecule has 0 aromatic heterocycles. The van der Waals surface area contributed by atoms with Crippen LogP contribution in [0.1, 0.15) is 19.8 Å². The fourth-order valence-electron chi connectivity index (χ4n) is 1.75. The fraction of sp³-hybridized carbons (Fsp3) is 0.700. The van der Waals surface area contributed by atoms with E-state index >= 15 is 0 Å². The third kappa shape index (κ3) is 1.68. The highest BCUT2D eigenvalue weighted by molar-refractivity contribution is 5.79. The van der Waals surface area contributed by atoms with Crippen LogP contribution in [0.25, 0.3) is 0 Å². The average Bonchev–Trinajstić information content (AvgIpc) is 2.30. The molecular weight excluding hydrogens is 150 g/mol. The largest absolute Gasteiger partial charge is 0.349 e. The molecule has 0 aromatic rings. The molecule has 68 valence electrons. The van der Waals surface area contributed by atoms with E-state index in [1.165, 1.54) is 5.57 Å². The van der Waals surface area contributed by atoms with Crippen LogP contribution in [0.5, 0.6) is 0 Å². The predicted octanol–water partition coefficient (Wildman–Crippen LogP) is 1.68. The number of allylic oxidation sites excluding steroid dienone is 1. The van der Waals surface area contributed by atoms with Gasteiger partial charge < -0.3 is 4.90 Å². The SMILES string of the molecule is C=C1C[C@H](C(=O)N(C)C)C[C@@H]1C. The highest BCUT2D eigenvalue weighted by Crippen LogP contribution is 2.34. The van der Waals surface area contributed by atoms with Crippen molar-refractivity contribution in [2.24, 2.45) is 11.8 Å². The summed E-state index contributed by atoms with van der Waals surface area (Å²) in [5, 5.41) is 0. The highest BCUT2D eigenvalue weighted by atomic mass is 16.2. The van der Waals surface area contributed by atoms with Crippen LogP contribution in [-0.4, -0.2) is 24.9 Å². The van der Waals surface area contributed by atoms with Gasteiger partial charge in [0.1, 0.15) is 0 Å². The first-order valence-electron chi connectivity index (χ1n) is 4.41. The van der Waals surface area contributed by atoms with Gasteiger partial charge in [-0.2, -0.15) is 0 Å². The first-order chi connectivity index (χ1) is 5.52. The number of amides is 1. The van der Waals surface area contributed by atoms with E-state index in [2.05, 4.69) is 13.5 Å². The Morgan fingerprint density at radius 2 is 2.17 bits per heavy atom. The summed E-state index contributed by atoms with van der Waals surface area (Å²) in [4.78, 5) is 13.2. The molecule has 0 heterocycles. The summed E-state index contributed by atoms with van der Waals surface area (Å²) in [7, 11) is 3.63. The van der Waals surface area contributed by atoms with Crippen LogP contribution in [0.2, 0.25) is 0 Å². The molecule has 0 radical (unpaired) electrons. The summed E-state index contributed by atoms with van der Waals surface area (Å²) < 4.78 is 0. The zero-order chi connectivity index (χ0) is 9.30. The first kappa shape index (κ1) is 9.30. The molecule has 1 saturated carbocycles.